The fraction of sp³-hybridized carbons (Fsp3) is 0.421. The molecule has 0 fully saturated rings. The third-order valence-electron chi connectivity index (χ3n) is 4.65. The Bertz CT molecular complexity index is 1020. The first-order valence-electron chi connectivity index (χ1n) is 8.99. The van der Waals surface area contributed by atoms with Gasteiger partial charge >= 0.3 is 18.3 Å². The molecule has 3 atom stereocenters. The number of carbonyl (C=O) groups is 1. The minimum absolute atomic E-state index is 0.168. The lowest BCUT2D eigenvalue weighted by molar-refractivity contribution is -0.393. The van der Waals surface area contributed by atoms with Crippen LogP contribution in [0.2, 0.25) is 0 Å². The maximum absolute atomic E-state index is 13.5. The van der Waals surface area contributed by atoms with Crippen molar-refractivity contribution in [2.45, 2.75) is 31.2 Å². The number of esters is 1. The molecule has 2 N–H and O–H groups in total. The molecule has 14 heteroatoms. The molecule has 7 nitrogen and oxygen atoms in total. The fourth-order valence-electron chi connectivity index (χ4n) is 3.02. The number of halogens is 6. The molecule has 2 unspecified atom stereocenters. The van der Waals surface area contributed by atoms with Crippen molar-refractivity contribution in [3.8, 4) is 0 Å². The minimum Gasteiger partial charge on any atom is -0.423 e. The van der Waals surface area contributed by atoms with Crippen LogP contribution in [-0.2, 0) is 24.4 Å². The van der Waals surface area contributed by atoms with Crippen molar-refractivity contribution >= 4 is 16.1 Å². The van der Waals surface area contributed by atoms with E-state index in [0.29, 0.717) is 0 Å². The van der Waals surface area contributed by atoms with Gasteiger partial charge in [-0.15, -0.1) is 0 Å². The van der Waals surface area contributed by atoms with Gasteiger partial charge in [-0.05, 0) is 13.0 Å². The Balaban J connectivity index is 2.56. The molecule has 0 amide bonds. The smallest absolute Gasteiger partial charge is 0.423 e. The molecule has 0 aromatic heterocycles. The molecule has 0 aromatic carbocycles. The SMILES string of the molecule is C=C(C)C(=O)OC1=CC2C=CC=CC2C=C1[C@@H](O)OC(CS(=O)(=O)O)(C(F)(F)F)C(F)(F)F. The molecule has 33 heavy (non-hydrogen) atoms. The number of hydrogen-bond donors (Lipinski definition) is 2. The average Bonchev–Trinajstić information content (AvgIpc) is 2.63. The second-order valence-electron chi connectivity index (χ2n) is 7.27. The average molecular weight is 504 g/mol. The first kappa shape index (κ1) is 26.8. The van der Waals surface area contributed by atoms with Crippen LogP contribution in [-0.4, -0.2) is 54.0 Å². The number of carbonyl (C=O) groups excluding carboxylic acids is 1. The number of aliphatic hydroxyl groups is 1. The lowest BCUT2D eigenvalue weighted by Gasteiger charge is -2.38. The van der Waals surface area contributed by atoms with Crippen LogP contribution in [0.3, 0.4) is 0 Å². The second kappa shape index (κ2) is 9.08. The summed E-state index contributed by atoms with van der Waals surface area (Å²) in [6.45, 7) is 4.52. The van der Waals surface area contributed by atoms with E-state index in [0.717, 1.165) is 6.08 Å². The first-order chi connectivity index (χ1) is 14.9. The van der Waals surface area contributed by atoms with Crippen molar-refractivity contribution in [1.29, 1.82) is 0 Å². The van der Waals surface area contributed by atoms with Gasteiger partial charge in [0.1, 0.15) is 11.5 Å². The highest BCUT2D eigenvalue weighted by Gasteiger charge is 2.74. The van der Waals surface area contributed by atoms with Gasteiger partial charge in [0, 0.05) is 23.0 Å². The lowest BCUT2D eigenvalue weighted by atomic mass is 9.82. The number of alkyl halides is 6. The van der Waals surface area contributed by atoms with Crippen LogP contribution >= 0.6 is 0 Å². The second-order valence-corrected chi connectivity index (χ2v) is 8.72. The van der Waals surface area contributed by atoms with Gasteiger partial charge < -0.3 is 14.6 Å². The van der Waals surface area contributed by atoms with Gasteiger partial charge in [-0.3, -0.25) is 4.55 Å². The molecule has 0 saturated carbocycles. The first-order valence-corrected chi connectivity index (χ1v) is 10.6. The predicted octanol–water partition coefficient (Wildman–Crippen LogP) is 3.37. The Kier molecular flexibility index (Phi) is 7.38. The number of hydrogen-bond acceptors (Lipinski definition) is 6. The monoisotopic (exact) mass is 504 g/mol. The normalized spacial score (nSPS) is 22.2. The molecule has 0 aromatic rings. The van der Waals surface area contributed by atoms with E-state index in [2.05, 4.69) is 11.3 Å². The molecule has 0 aliphatic heterocycles. The molecular formula is C19H18F6O7S. The van der Waals surface area contributed by atoms with Crippen LogP contribution in [0.25, 0.3) is 0 Å². The Morgan fingerprint density at radius 1 is 1.09 bits per heavy atom. The van der Waals surface area contributed by atoms with E-state index in [-0.39, 0.29) is 5.57 Å². The summed E-state index contributed by atoms with van der Waals surface area (Å²) in [6.07, 6.45) is -7.56. The van der Waals surface area contributed by atoms with Crippen LogP contribution in [0, 0.1) is 11.8 Å². The highest BCUT2D eigenvalue weighted by Crippen LogP contribution is 2.48. The Hall–Kier alpha value is -2.42. The van der Waals surface area contributed by atoms with Crippen molar-refractivity contribution in [3.63, 3.8) is 0 Å². The molecule has 0 saturated heterocycles. The molecule has 184 valence electrons. The quantitative estimate of drug-likeness (QED) is 0.180. The number of allylic oxidation sites excluding steroid dienone is 6. The molecule has 2 rings (SSSR count). The molecule has 2 aliphatic rings. The van der Waals surface area contributed by atoms with E-state index in [9.17, 15) is 44.7 Å². The number of rotatable bonds is 7. The largest absolute Gasteiger partial charge is 0.427 e. The zero-order valence-electron chi connectivity index (χ0n) is 16.7. The van der Waals surface area contributed by atoms with Gasteiger partial charge in [-0.1, -0.05) is 37.0 Å². The summed E-state index contributed by atoms with van der Waals surface area (Å²) in [5.74, 6) is -5.86. The number of aliphatic hydroxyl groups excluding tert-OH is 1. The van der Waals surface area contributed by atoms with Gasteiger partial charge in [0.05, 0.1) is 0 Å². The fourth-order valence-corrected chi connectivity index (χ4v) is 3.93. The maximum atomic E-state index is 13.5. The summed E-state index contributed by atoms with van der Waals surface area (Å²) < 4.78 is 121. The standard InChI is InChI=1S/C19H18F6O7S/c1-10(2)15(26)31-14-8-12-6-4-3-5-11(12)7-13(14)16(27)32-17(18(20,21)22,19(23,24)25)9-33(28,29)30/h3-8,11-12,16,27H,1,9H2,2H3,(H,28,29,30)/t11?,12?,16-/m0/s1. The Morgan fingerprint density at radius 3 is 2.00 bits per heavy atom. The van der Waals surface area contributed by atoms with E-state index in [1.165, 1.54) is 25.2 Å². The molecule has 0 radical (unpaired) electrons. The summed E-state index contributed by atoms with van der Waals surface area (Å²) in [5, 5.41) is 10.3. The van der Waals surface area contributed by atoms with Crippen LogP contribution in [0.1, 0.15) is 6.92 Å². The minimum atomic E-state index is -6.44. The van der Waals surface area contributed by atoms with Gasteiger partial charge in [0.15, 0.2) is 6.29 Å². The Morgan fingerprint density at radius 2 is 1.58 bits per heavy atom. The summed E-state index contributed by atoms with van der Waals surface area (Å²) in [7, 11) is -5.91. The highest BCUT2D eigenvalue weighted by atomic mass is 32.2. The van der Waals surface area contributed by atoms with E-state index >= 15 is 0 Å². The molecule has 0 bridgehead atoms. The zero-order valence-corrected chi connectivity index (χ0v) is 17.5. The van der Waals surface area contributed by atoms with Gasteiger partial charge in [0.25, 0.3) is 15.7 Å². The maximum Gasteiger partial charge on any atom is 0.427 e. The summed E-state index contributed by atoms with van der Waals surface area (Å²) in [4.78, 5) is 11.9. The summed E-state index contributed by atoms with van der Waals surface area (Å²) in [5.41, 5.74) is -6.46. The predicted molar refractivity (Wildman–Crippen MR) is 101 cm³/mol. The van der Waals surface area contributed by atoms with Crippen molar-refractivity contribution < 1.29 is 58.7 Å². The van der Waals surface area contributed by atoms with Gasteiger partial charge in [-0.2, -0.15) is 34.8 Å². The molecule has 0 heterocycles. The van der Waals surface area contributed by atoms with Gasteiger partial charge in [-0.25, -0.2) is 4.79 Å². The van der Waals surface area contributed by atoms with Crippen molar-refractivity contribution in [3.05, 3.63) is 59.9 Å². The van der Waals surface area contributed by atoms with Crippen molar-refractivity contribution in [2.75, 3.05) is 5.75 Å². The summed E-state index contributed by atoms with van der Waals surface area (Å²) in [6, 6.07) is 0. The third-order valence-corrected chi connectivity index (χ3v) is 5.43. The van der Waals surface area contributed by atoms with Crippen LogP contribution in [0.4, 0.5) is 26.3 Å². The van der Waals surface area contributed by atoms with E-state index in [4.69, 9.17) is 9.29 Å². The van der Waals surface area contributed by atoms with Crippen LogP contribution in [0.5, 0.6) is 0 Å². The Labute approximate surface area is 184 Å². The molecule has 2 aliphatic carbocycles. The number of ether oxygens (including phenoxy) is 2. The van der Waals surface area contributed by atoms with E-state index in [1.807, 2.05) is 0 Å². The zero-order chi connectivity index (χ0) is 25.4. The van der Waals surface area contributed by atoms with Gasteiger partial charge in [0.2, 0.25) is 0 Å². The molecule has 0 spiro atoms. The topological polar surface area (TPSA) is 110 Å². The van der Waals surface area contributed by atoms with Crippen molar-refractivity contribution in [2.24, 2.45) is 11.8 Å². The van der Waals surface area contributed by atoms with E-state index < -0.39 is 69.3 Å². The lowest BCUT2D eigenvalue weighted by Crippen LogP contribution is -2.64. The van der Waals surface area contributed by atoms with Crippen LogP contribution in [0.15, 0.2) is 59.9 Å². The summed E-state index contributed by atoms with van der Waals surface area (Å²) >= 11 is 0. The van der Waals surface area contributed by atoms with E-state index in [1.54, 1.807) is 12.2 Å². The van der Waals surface area contributed by atoms with Crippen LogP contribution < -0.4 is 0 Å². The molecular weight excluding hydrogens is 486 g/mol. The van der Waals surface area contributed by atoms with Crippen molar-refractivity contribution in [1.82, 2.24) is 0 Å². The highest BCUT2D eigenvalue weighted by molar-refractivity contribution is 7.85. The number of fused-ring (bicyclic) bond motifs is 1. The third kappa shape index (κ3) is 5.93.